The summed E-state index contributed by atoms with van der Waals surface area (Å²) >= 11 is 0. The van der Waals surface area contributed by atoms with Crippen molar-refractivity contribution in [2.24, 2.45) is 0 Å². The maximum absolute atomic E-state index is 4.79. The summed E-state index contributed by atoms with van der Waals surface area (Å²) in [5.41, 5.74) is 5.41. The van der Waals surface area contributed by atoms with E-state index in [2.05, 4.69) is 90.6 Å². The summed E-state index contributed by atoms with van der Waals surface area (Å²) in [7, 11) is 0. The van der Waals surface area contributed by atoms with Gasteiger partial charge in [-0.05, 0) is 57.9 Å². The Kier molecular flexibility index (Phi) is 5.95. The fourth-order valence-electron chi connectivity index (χ4n) is 5.89. The average Bonchev–Trinajstić information content (AvgIpc) is 3.14. The van der Waals surface area contributed by atoms with Crippen LogP contribution in [0.3, 0.4) is 0 Å². The molecule has 0 spiro atoms. The molecule has 0 saturated carbocycles. The minimum atomic E-state index is 0.591. The largest absolute Gasteiger partial charge is 0.255 e. The first-order valence-electron chi connectivity index (χ1n) is 14.8. The number of fused-ring (bicyclic) bond motifs is 5. The summed E-state index contributed by atoms with van der Waals surface area (Å²) in [5, 5.41) is 6.55. The van der Waals surface area contributed by atoms with Crippen LogP contribution in [-0.4, -0.2) is 39.9 Å². The van der Waals surface area contributed by atoms with Gasteiger partial charge in [-0.15, -0.1) is 0 Å². The normalized spacial score (nSPS) is 11.5. The van der Waals surface area contributed by atoms with Crippen LogP contribution in [0.25, 0.3) is 88.9 Å². The van der Waals surface area contributed by atoms with Crippen molar-refractivity contribution in [2.45, 2.75) is 0 Å². The van der Waals surface area contributed by atoms with Gasteiger partial charge in [0, 0.05) is 45.4 Å². The molecule has 214 valence electrons. The second-order valence-corrected chi connectivity index (χ2v) is 11.0. The van der Waals surface area contributed by atoms with Crippen molar-refractivity contribution in [1.29, 1.82) is 0 Å². The number of hydrogen-bond donors (Lipinski definition) is 0. The number of pyridine rings is 2. The van der Waals surface area contributed by atoms with Gasteiger partial charge in [-0.3, -0.25) is 9.97 Å². The van der Waals surface area contributed by atoms with Crippen LogP contribution in [0, 0.1) is 0 Å². The zero-order valence-electron chi connectivity index (χ0n) is 24.3. The summed E-state index contributed by atoms with van der Waals surface area (Å²) in [6, 6.07) is 37.0. The second-order valence-electron chi connectivity index (χ2n) is 11.0. The lowest BCUT2D eigenvalue weighted by molar-refractivity contribution is 1.06. The summed E-state index contributed by atoms with van der Waals surface area (Å²) in [4.78, 5) is 36.6. The highest BCUT2D eigenvalue weighted by atomic mass is 15.0. The van der Waals surface area contributed by atoms with E-state index in [1.807, 2.05) is 48.5 Å². The van der Waals surface area contributed by atoms with Crippen LogP contribution in [0.5, 0.6) is 0 Å². The SMILES string of the molecule is c1ccc2ncc(-c3ncnc(-c4ccc5c(ccc6cc(-c7ncnc(-c8cnc9ccccc9c8)n7)ccc65)c4)n3)cc2c1. The molecule has 0 fully saturated rings. The number of benzene rings is 5. The Morgan fingerprint density at radius 1 is 0.326 bits per heavy atom. The van der Waals surface area contributed by atoms with Gasteiger partial charge in [0.25, 0.3) is 0 Å². The highest BCUT2D eigenvalue weighted by molar-refractivity contribution is 6.09. The molecule has 0 radical (unpaired) electrons. The van der Waals surface area contributed by atoms with Gasteiger partial charge in [-0.2, -0.15) is 0 Å². The van der Waals surface area contributed by atoms with Gasteiger partial charge < -0.3 is 0 Å². The van der Waals surface area contributed by atoms with Crippen molar-refractivity contribution in [2.75, 3.05) is 0 Å². The zero-order chi connectivity index (χ0) is 30.5. The monoisotopic (exact) mass is 590 g/mol. The molecule has 0 aliphatic carbocycles. The van der Waals surface area contributed by atoms with E-state index in [4.69, 9.17) is 9.97 Å². The van der Waals surface area contributed by atoms with Crippen LogP contribution >= 0.6 is 0 Å². The van der Waals surface area contributed by atoms with Crippen molar-refractivity contribution >= 4 is 43.4 Å². The number of hydrogen-bond acceptors (Lipinski definition) is 8. The van der Waals surface area contributed by atoms with E-state index >= 15 is 0 Å². The lowest BCUT2D eigenvalue weighted by Gasteiger charge is -2.09. The van der Waals surface area contributed by atoms with Crippen molar-refractivity contribution < 1.29 is 0 Å². The molecular weight excluding hydrogens is 568 g/mol. The maximum Gasteiger partial charge on any atom is 0.164 e. The molecular formula is C38H22N8. The number of nitrogens with zero attached hydrogens (tertiary/aromatic N) is 8. The van der Waals surface area contributed by atoms with E-state index < -0.39 is 0 Å². The van der Waals surface area contributed by atoms with Gasteiger partial charge in [0.2, 0.25) is 0 Å². The molecule has 4 heterocycles. The molecule has 0 amide bonds. The number of rotatable bonds is 4. The average molecular weight is 591 g/mol. The Balaban J connectivity index is 1.05. The van der Waals surface area contributed by atoms with Gasteiger partial charge in [-0.1, -0.05) is 72.8 Å². The maximum atomic E-state index is 4.79. The molecule has 0 aliphatic rings. The molecule has 0 atom stereocenters. The van der Waals surface area contributed by atoms with E-state index in [9.17, 15) is 0 Å². The lowest BCUT2D eigenvalue weighted by atomic mass is 9.98. The molecule has 8 heteroatoms. The number of aromatic nitrogens is 8. The molecule has 0 aliphatic heterocycles. The first-order chi connectivity index (χ1) is 22.7. The van der Waals surface area contributed by atoms with Crippen LogP contribution in [-0.2, 0) is 0 Å². The van der Waals surface area contributed by atoms with Gasteiger partial charge >= 0.3 is 0 Å². The third-order valence-corrected chi connectivity index (χ3v) is 8.19. The van der Waals surface area contributed by atoms with Crippen LogP contribution in [0.4, 0.5) is 0 Å². The summed E-state index contributed by atoms with van der Waals surface area (Å²) in [6.07, 6.45) is 6.73. The van der Waals surface area contributed by atoms with Crippen molar-refractivity contribution in [1.82, 2.24) is 39.9 Å². The highest BCUT2D eigenvalue weighted by Gasteiger charge is 2.12. The van der Waals surface area contributed by atoms with Crippen LogP contribution in [0.2, 0.25) is 0 Å². The zero-order valence-corrected chi connectivity index (χ0v) is 24.3. The predicted molar refractivity (Wildman–Crippen MR) is 181 cm³/mol. The molecule has 0 bridgehead atoms. The number of para-hydroxylation sites is 2. The summed E-state index contributed by atoms with van der Waals surface area (Å²) in [6.45, 7) is 0. The van der Waals surface area contributed by atoms with E-state index in [1.54, 1.807) is 25.0 Å². The predicted octanol–water partition coefficient (Wildman–Crippen LogP) is 8.13. The van der Waals surface area contributed by atoms with E-state index in [0.717, 1.165) is 65.6 Å². The molecule has 0 unspecified atom stereocenters. The van der Waals surface area contributed by atoms with Crippen LogP contribution in [0.1, 0.15) is 0 Å². The minimum Gasteiger partial charge on any atom is -0.255 e. The molecule has 0 saturated heterocycles. The smallest absolute Gasteiger partial charge is 0.164 e. The van der Waals surface area contributed by atoms with E-state index in [1.165, 1.54) is 0 Å². The van der Waals surface area contributed by atoms with Gasteiger partial charge in [0.1, 0.15) is 12.7 Å². The Morgan fingerprint density at radius 2 is 0.739 bits per heavy atom. The van der Waals surface area contributed by atoms with Crippen LogP contribution < -0.4 is 0 Å². The fourth-order valence-corrected chi connectivity index (χ4v) is 5.89. The first kappa shape index (κ1) is 25.9. The Labute approximate surface area is 262 Å². The third kappa shape index (κ3) is 4.56. The lowest BCUT2D eigenvalue weighted by Crippen LogP contribution is -1.96. The summed E-state index contributed by atoms with van der Waals surface area (Å²) < 4.78 is 0. The third-order valence-electron chi connectivity index (χ3n) is 8.19. The van der Waals surface area contributed by atoms with Crippen molar-refractivity contribution in [3.63, 3.8) is 0 Å². The molecule has 9 aromatic rings. The highest BCUT2D eigenvalue weighted by Crippen LogP contribution is 2.32. The molecule has 8 nitrogen and oxygen atoms in total. The fraction of sp³-hybridized carbons (Fsp3) is 0. The molecule has 46 heavy (non-hydrogen) atoms. The molecule has 4 aromatic heterocycles. The molecule has 0 N–H and O–H groups in total. The van der Waals surface area contributed by atoms with E-state index in [0.29, 0.717) is 23.3 Å². The Bertz CT molecular complexity index is 2440. The first-order valence-corrected chi connectivity index (χ1v) is 14.8. The molecule has 9 rings (SSSR count). The van der Waals surface area contributed by atoms with Crippen LogP contribution in [0.15, 0.2) is 134 Å². The van der Waals surface area contributed by atoms with Crippen molar-refractivity contribution in [3.8, 4) is 45.6 Å². The Hall–Kier alpha value is -6.54. The van der Waals surface area contributed by atoms with Gasteiger partial charge in [0.15, 0.2) is 23.3 Å². The quantitative estimate of drug-likeness (QED) is 0.189. The topological polar surface area (TPSA) is 103 Å². The minimum absolute atomic E-state index is 0.591. The van der Waals surface area contributed by atoms with E-state index in [-0.39, 0.29) is 0 Å². The molecule has 5 aromatic carbocycles. The van der Waals surface area contributed by atoms with Crippen molar-refractivity contribution in [3.05, 3.63) is 134 Å². The Morgan fingerprint density at radius 3 is 1.22 bits per heavy atom. The second kappa shape index (κ2) is 10.6. The van der Waals surface area contributed by atoms with Gasteiger partial charge in [-0.25, -0.2) is 29.9 Å². The van der Waals surface area contributed by atoms with Gasteiger partial charge in [0.05, 0.1) is 11.0 Å². The standard InChI is InChI=1S/C38H22N8/c1-3-7-33-25(5-1)17-29(19-39-33)37-43-21-41-35(45-37)27-11-13-31-23(15-27)9-10-24-16-28(12-14-32(24)31)36-42-22-44-38(46-36)30-18-26-6-2-4-8-34(26)40-20-30/h1-22H. The summed E-state index contributed by atoms with van der Waals surface area (Å²) in [5.74, 6) is 2.41.